The smallest absolute Gasteiger partial charge is 0.0159 e. The highest BCUT2D eigenvalue weighted by Gasteiger charge is 2.36. The van der Waals surface area contributed by atoms with Crippen LogP contribution < -0.4 is 0 Å². The van der Waals surface area contributed by atoms with Gasteiger partial charge in [0.2, 0.25) is 0 Å². The predicted octanol–water partition coefficient (Wildman–Crippen LogP) is 13.4. The fourth-order valence-corrected chi connectivity index (χ4v) is 9.42. The van der Waals surface area contributed by atoms with E-state index in [2.05, 4.69) is 167 Å². The molecule has 0 N–H and O–H groups in total. The molecule has 10 rings (SSSR count). The summed E-state index contributed by atoms with van der Waals surface area (Å²) in [7, 11) is 0. The van der Waals surface area contributed by atoms with E-state index >= 15 is 0 Å². The highest BCUT2D eigenvalue weighted by atomic mass is 32.1. The number of rotatable bonds is 3. The van der Waals surface area contributed by atoms with E-state index in [9.17, 15) is 0 Å². The number of fused-ring (bicyclic) bond motifs is 6. The lowest BCUT2D eigenvalue weighted by Crippen LogP contribution is -2.14. The molecule has 0 unspecified atom stereocenters. The Labute approximate surface area is 293 Å². The van der Waals surface area contributed by atoms with Crippen LogP contribution in [0.25, 0.3) is 76.8 Å². The molecule has 0 heterocycles. The van der Waals surface area contributed by atoms with E-state index in [1.165, 1.54) is 93.5 Å². The van der Waals surface area contributed by atoms with E-state index < -0.39 is 0 Å². The van der Waals surface area contributed by atoms with Crippen LogP contribution in [0.1, 0.15) is 49.9 Å². The van der Waals surface area contributed by atoms with Crippen LogP contribution in [0.15, 0.2) is 144 Å². The summed E-state index contributed by atoms with van der Waals surface area (Å²) in [5, 5.41) is 8.26. The molecule has 2 aliphatic rings. The van der Waals surface area contributed by atoms with Crippen molar-refractivity contribution < 1.29 is 0 Å². The third-order valence-electron chi connectivity index (χ3n) is 11.7. The Kier molecular flexibility index (Phi) is 5.87. The molecule has 2 aliphatic carbocycles. The van der Waals surface area contributed by atoms with Gasteiger partial charge in [0.05, 0.1) is 0 Å². The average molecular weight is 645 g/mol. The van der Waals surface area contributed by atoms with Gasteiger partial charge in [0.1, 0.15) is 0 Å². The molecule has 0 bridgehead atoms. The minimum absolute atomic E-state index is 0.00151. The Bertz CT molecular complexity index is 2710. The van der Waals surface area contributed by atoms with E-state index in [1.807, 2.05) is 0 Å². The molecular formula is C48H36S. The minimum Gasteiger partial charge on any atom is -0.143 e. The third-order valence-corrected chi connectivity index (χ3v) is 12.1. The maximum atomic E-state index is 4.81. The molecule has 0 nitrogen and oxygen atoms in total. The monoisotopic (exact) mass is 644 g/mol. The first-order chi connectivity index (χ1) is 23.7. The Morgan fingerprint density at radius 2 is 0.837 bits per heavy atom. The van der Waals surface area contributed by atoms with E-state index in [4.69, 9.17) is 12.6 Å². The van der Waals surface area contributed by atoms with Crippen LogP contribution in [0, 0.1) is 0 Å². The second-order valence-electron chi connectivity index (χ2n) is 15.1. The summed E-state index contributed by atoms with van der Waals surface area (Å²) in [6.45, 7) is 9.48. The molecule has 8 aromatic rings. The van der Waals surface area contributed by atoms with Gasteiger partial charge in [-0.1, -0.05) is 137 Å². The van der Waals surface area contributed by atoms with Gasteiger partial charge in [0.25, 0.3) is 0 Å². The van der Waals surface area contributed by atoms with Crippen LogP contribution in [0.2, 0.25) is 0 Å². The molecule has 0 aromatic heterocycles. The molecule has 234 valence electrons. The summed E-state index contributed by atoms with van der Waals surface area (Å²) < 4.78 is 0. The van der Waals surface area contributed by atoms with Crippen molar-refractivity contribution in [3.63, 3.8) is 0 Å². The summed E-state index contributed by atoms with van der Waals surface area (Å²) in [6, 6.07) is 52.3. The van der Waals surface area contributed by atoms with E-state index in [1.54, 1.807) is 0 Å². The number of hydrogen-bond acceptors (Lipinski definition) is 1. The molecule has 1 heteroatoms. The second-order valence-corrected chi connectivity index (χ2v) is 15.6. The van der Waals surface area contributed by atoms with E-state index in [-0.39, 0.29) is 10.8 Å². The zero-order chi connectivity index (χ0) is 33.2. The van der Waals surface area contributed by atoms with Gasteiger partial charge in [-0.15, -0.1) is 12.6 Å². The Morgan fingerprint density at radius 3 is 1.45 bits per heavy atom. The van der Waals surface area contributed by atoms with Crippen LogP contribution in [0.5, 0.6) is 0 Å². The second kappa shape index (κ2) is 9.97. The lowest BCUT2D eigenvalue weighted by Gasteiger charge is -2.21. The van der Waals surface area contributed by atoms with Crippen LogP contribution in [-0.4, -0.2) is 0 Å². The zero-order valence-corrected chi connectivity index (χ0v) is 29.1. The Balaban J connectivity index is 1.13. The van der Waals surface area contributed by atoms with E-state index in [0.717, 1.165) is 10.5 Å². The van der Waals surface area contributed by atoms with Crippen molar-refractivity contribution >= 4 is 44.9 Å². The van der Waals surface area contributed by atoms with Crippen molar-refractivity contribution in [3.8, 4) is 44.5 Å². The summed E-state index contributed by atoms with van der Waals surface area (Å²) in [4.78, 5) is 0.991. The van der Waals surface area contributed by atoms with Crippen molar-refractivity contribution in [1.29, 1.82) is 0 Å². The maximum Gasteiger partial charge on any atom is 0.0159 e. The molecule has 0 saturated heterocycles. The zero-order valence-electron chi connectivity index (χ0n) is 28.2. The van der Waals surface area contributed by atoms with E-state index in [0.29, 0.717) is 0 Å². The first-order valence-corrected chi connectivity index (χ1v) is 17.8. The number of benzene rings is 8. The first kappa shape index (κ1) is 28.9. The highest BCUT2D eigenvalue weighted by Crippen LogP contribution is 2.53. The van der Waals surface area contributed by atoms with Crippen molar-refractivity contribution in [2.75, 3.05) is 0 Å². The molecule has 0 amide bonds. The Hall–Kier alpha value is -5.11. The molecule has 0 radical (unpaired) electrons. The minimum atomic E-state index is -0.0689. The molecule has 0 atom stereocenters. The van der Waals surface area contributed by atoms with Crippen molar-refractivity contribution in [2.24, 2.45) is 0 Å². The summed E-state index contributed by atoms with van der Waals surface area (Å²) in [6.07, 6.45) is 0. The normalized spacial score (nSPS) is 15.0. The van der Waals surface area contributed by atoms with Gasteiger partial charge >= 0.3 is 0 Å². The average Bonchev–Trinajstić information content (AvgIpc) is 3.51. The molecule has 8 aromatic carbocycles. The van der Waals surface area contributed by atoms with Crippen LogP contribution >= 0.6 is 12.6 Å². The largest absolute Gasteiger partial charge is 0.143 e. The highest BCUT2D eigenvalue weighted by molar-refractivity contribution is 7.80. The van der Waals surface area contributed by atoms with Gasteiger partial charge in [0, 0.05) is 15.7 Å². The van der Waals surface area contributed by atoms with Crippen LogP contribution in [0.3, 0.4) is 0 Å². The van der Waals surface area contributed by atoms with Gasteiger partial charge in [-0.3, -0.25) is 0 Å². The Morgan fingerprint density at radius 1 is 0.347 bits per heavy atom. The fourth-order valence-electron chi connectivity index (χ4n) is 9.15. The van der Waals surface area contributed by atoms with Crippen molar-refractivity contribution in [1.82, 2.24) is 0 Å². The number of thiol groups is 1. The summed E-state index contributed by atoms with van der Waals surface area (Å²) in [5.74, 6) is 0. The SMILES string of the molecule is CC1(C)c2ccc(-c3ccc(S)c(-c4ccccc4)c3)cc2-c2cc(-c3ccc4c(c3)c3cccc5c3c3c(cccc43)C5(C)C)ccc21. The maximum absolute atomic E-state index is 4.81. The van der Waals surface area contributed by atoms with Crippen LogP contribution in [0.4, 0.5) is 0 Å². The van der Waals surface area contributed by atoms with Crippen molar-refractivity contribution in [3.05, 3.63) is 162 Å². The number of hydrogen-bond donors (Lipinski definition) is 1. The first-order valence-electron chi connectivity index (χ1n) is 17.3. The predicted molar refractivity (Wildman–Crippen MR) is 212 cm³/mol. The molecule has 49 heavy (non-hydrogen) atoms. The summed E-state index contributed by atoms with van der Waals surface area (Å²) in [5.41, 5.74) is 15.6. The molecule has 0 spiro atoms. The topological polar surface area (TPSA) is 0 Å². The van der Waals surface area contributed by atoms with Gasteiger partial charge in [-0.25, -0.2) is 0 Å². The van der Waals surface area contributed by atoms with Gasteiger partial charge < -0.3 is 0 Å². The molecule has 0 saturated carbocycles. The lowest BCUT2D eigenvalue weighted by molar-refractivity contribution is 0.660. The van der Waals surface area contributed by atoms with Gasteiger partial charge in [-0.2, -0.15) is 0 Å². The standard InChI is InChI=1S/C48H36S/c1-47(2)40-21-17-30(26-38(40)39-27-31(18-22-41(39)47)32-19-23-44(49)36(24-32)28-10-6-5-7-11-28)29-16-20-33-34-12-8-14-42-45(34)46-35(37(33)25-29)13-9-15-43(46)48(42,3)4/h5-27,49H,1-4H3. The quantitative estimate of drug-likeness (QED) is 0.144. The third kappa shape index (κ3) is 3.94. The lowest BCUT2D eigenvalue weighted by atomic mass is 9.82. The molecule has 0 aliphatic heterocycles. The molecule has 0 fully saturated rings. The van der Waals surface area contributed by atoms with Crippen LogP contribution in [-0.2, 0) is 10.8 Å². The van der Waals surface area contributed by atoms with Gasteiger partial charge in [0.15, 0.2) is 0 Å². The van der Waals surface area contributed by atoms with Crippen molar-refractivity contribution in [2.45, 2.75) is 43.4 Å². The summed E-state index contributed by atoms with van der Waals surface area (Å²) >= 11 is 4.81. The molecular weight excluding hydrogens is 609 g/mol. The van der Waals surface area contributed by atoms with Gasteiger partial charge in [-0.05, 0) is 129 Å². The fraction of sp³-hybridized carbons (Fsp3) is 0.125.